The summed E-state index contributed by atoms with van der Waals surface area (Å²) in [6.45, 7) is 7.81. The maximum absolute atomic E-state index is 11.6. The van der Waals surface area contributed by atoms with E-state index in [1.807, 2.05) is 20.8 Å². The molecule has 0 amide bonds. The van der Waals surface area contributed by atoms with E-state index >= 15 is 0 Å². The molecule has 1 atom stereocenters. The van der Waals surface area contributed by atoms with Crippen molar-refractivity contribution in [2.24, 2.45) is 5.41 Å². The Morgan fingerprint density at radius 1 is 1.50 bits per heavy atom. The normalized spacial score (nSPS) is 14.0. The first-order chi connectivity index (χ1) is 6.40. The van der Waals surface area contributed by atoms with Crippen molar-refractivity contribution in [2.75, 3.05) is 19.0 Å². The van der Waals surface area contributed by atoms with E-state index in [9.17, 15) is 9.36 Å². The van der Waals surface area contributed by atoms with Crippen molar-refractivity contribution in [3.05, 3.63) is 0 Å². The fourth-order valence-corrected chi connectivity index (χ4v) is 2.08. The molecule has 0 bridgehead atoms. The van der Waals surface area contributed by atoms with E-state index in [0.717, 1.165) is 6.42 Å². The van der Waals surface area contributed by atoms with Gasteiger partial charge in [-0.05, 0) is 6.42 Å². The third-order valence-corrected chi connectivity index (χ3v) is 3.85. The molecular weight excluding hydrogens is 219 g/mol. The van der Waals surface area contributed by atoms with Gasteiger partial charge in [0.2, 0.25) is 0 Å². The van der Waals surface area contributed by atoms with Gasteiger partial charge in [-0.25, -0.2) is 0 Å². The molecule has 0 N–H and O–H groups in total. The van der Waals surface area contributed by atoms with E-state index in [4.69, 9.17) is 4.52 Å². The minimum atomic E-state index is -1.85. The number of carbonyl (C=O) groups is 1. The van der Waals surface area contributed by atoms with Gasteiger partial charge in [-0.1, -0.05) is 32.5 Å². The summed E-state index contributed by atoms with van der Waals surface area (Å²) in [5, 5.41) is 0.180. The van der Waals surface area contributed by atoms with Gasteiger partial charge in [0.25, 0.3) is 0 Å². The number of rotatable bonds is 6. The Kier molecular flexibility index (Phi) is 6.75. The molecule has 84 valence electrons. The van der Waals surface area contributed by atoms with Crippen LogP contribution in [0.5, 0.6) is 0 Å². The van der Waals surface area contributed by atoms with Crippen LogP contribution in [-0.4, -0.2) is 24.1 Å². The van der Waals surface area contributed by atoms with Gasteiger partial charge in [-0.3, -0.25) is 9.36 Å². The lowest BCUT2D eigenvalue weighted by molar-refractivity contribution is -0.118. The first kappa shape index (κ1) is 14.2. The molecule has 5 heteroatoms. The maximum atomic E-state index is 11.6. The zero-order valence-corrected chi connectivity index (χ0v) is 11.1. The molecular formula is C9H19O3PS. The molecule has 0 aliphatic carbocycles. The lowest BCUT2D eigenvalue weighted by Gasteiger charge is -2.19. The van der Waals surface area contributed by atoms with Gasteiger partial charge in [0.05, 0.1) is 6.61 Å². The molecule has 0 heterocycles. The summed E-state index contributed by atoms with van der Waals surface area (Å²) in [6.07, 6.45) is 0.837. The number of thioether (sulfide) groups is 1. The second kappa shape index (κ2) is 6.65. The summed E-state index contributed by atoms with van der Waals surface area (Å²) < 4.78 is 15.5. The zero-order valence-electron chi connectivity index (χ0n) is 9.25. The number of carbonyl (C=O) groups excluding carboxylic acids is 1. The van der Waals surface area contributed by atoms with Crippen molar-refractivity contribution >= 4 is 24.9 Å². The topological polar surface area (TPSA) is 43.4 Å². The van der Waals surface area contributed by atoms with Crippen molar-refractivity contribution in [3.8, 4) is 0 Å². The molecule has 0 saturated carbocycles. The molecule has 0 aromatic carbocycles. The average Bonchev–Trinajstić information content (AvgIpc) is 2.11. The van der Waals surface area contributed by atoms with E-state index in [-0.39, 0.29) is 10.5 Å². The van der Waals surface area contributed by atoms with E-state index in [1.165, 1.54) is 11.8 Å². The zero-order chi connectivity index (χ0) is 11.2. The lowest BCUT2D eigenvalue weighted by Crippen LogP contribution is -2.20. The molecule has 0 rings (SSSR count). The van der Waals surface area contributed by atoms with Gasteiger partial charge in [-0.2, -0.15) is 0 Å². The third kappa shape index (κ3) is 5.84. The highest BCUT2D eigenvalue weighted by Crippen LogP contribution is 2.27. The first-order valence-electron chi connectivity index (χ1n) is 4.70. The molecule has 3 nitrogen and oxygen atoms in total. The quantitative estimate of drug-likeness (QED) is 0.527. The lowest BCUT2D eigenvalue weighted by atomic mass is 9.92. The van der Waals surface area contributed by atoms with Crippen LogP contribution in [0.2, 0.25) is 0 Å². The van der Waals surface area contributed by atoms with Gasteiger partial charge in [-0.15, -0.1) is 0 Å². The molecule has 0 aromatic heterocycles. The Labute approximate surface area is 90.8 Å². The summed E-state index contributed by atoms with van der Waals surface area (Å²) in [7, 11) is -1.85. The van der Waals surface area contributed by atoms with Crippen LogP contribution in [0.15, 0.2) is 0 Å². The highest BCUT2D eigenvalue weighted by atomic mass is 32.2. The minimum absolute atomic E-state index is 0.180. The van der Waals surface area contributed by atoms with E-state index in [1.54, 1.807) is 6.66 Å². The van der Waals surface area contributed by atoms with Gasteiger partial charge < -0.3 is 4.52 Å². The first-order valence-corrected chi connectivity index (χ1v) is 7.51. The van der Waals surface area contributed by atoms with E-state index < -0.39 is 8.03 Å². The van der Waals surface area contributed by atoms with Crippen molar-refractivity contribution in [1.29, 1.82) is 0 Å². The van der Waals surface area contributed by atoms with Crippen LogP contribution in [0.25, 0.3) is 0 Å². The van der Waals surface area contributed by atoms with Gasteiger partial charge in [0, 0.05) is 17.8 Å². The van der Waals surface area contributed by atoms with Gasteiger partial charge in [0.15, 0.2) is 13.1 Å². The smallest absolute Gasteiger partial charge is 0.194 e. The monoisotopic (exact) mass is 238 g/mol. The van der Waals surface area contributed by atoms with Crippen LogP contribution < -0.4 is 0 Å². The predicted molar refractivity (Wildman–Crippen MR) is 62.4 cm³/mol. The summed E-state index contributed by atoms with van der Waals surface area (Å²) >= 11 is 1.26. The molecule has 14 heavy (non-hydrogen) atoms. The Bertz CT molecular complexity index is 216. The summed E-state index contributed by atoms with van der Waals surface area (Å²) in [5.74, 6) is 0.590. The molecule has 1 unspecified atom stereocenters. The molecule has 0 spiro atoms. The highest BCUT2D eigenvalue weighted by Gasteiger charge is 2.25. The van der Waals surface area contributed by atoms with Crippen molar-refractivity contribution in [1.82, 2.24) is 0 Å². The number of hydrogen-bond acceptors (Lipinski definition) is 4. The maximum Gasteiger partial charge on any atom is 0.194 e. The molecule has 0 aliphatic heterocycles. The van der Waals surface area contributed by atoms with Crippen LogP contribution in [0.3, 0.4) is 0 Å². The Morgan fingerprint density at radius 3 is 2.50 bits per heavy atom. The molecule has 0 aliphatic rings. The summed E-state index contributed by atoms with van der Waals surface area (Å²) in [5.41, 5.74) is -0.262. The molecule has 0 radical (unpaired) electrons. The van der Waals surface area contributed by atoms with Crippen LogP contribution in [-0.2, 0) is 13.9 Å². The molecule has 0 fully saturated rings. The summed E-state index contributed by atoms with van der Waals surface area (Å²) in [6, 6.07) is 0. The van der Waals surface area contributed by atoms with Crippen molar-refractivity contribution in [2.45, 2.75) is 27.2 Å². The Morgan fingerprint density at radius 2 is 2.07 bits per heavy atom. The predicted octanol–water partition coefficient (Wildman–Crippen LogP) is 2.80. The Hall–Kier alpha value is 0.210. The fourth-order valence-electron chi connectivity index (χ4n) is 0.659. The SMILES string of the molecule is CCC(C)(C)C(=O)SCCO[PH](C)=O. The number of hydrogen-bond donors (Lipinski definition) is 0. The van der Waals surface area contributed by atoms with Crippen molar-refractivity contribution in [3.63, 3.8) is 0 Å². The third-order valence-electron chi connectivity index (χ3n) is 2.06. The standard InChI is InChI=1S/C9H19O3PS/c1-5-9(2,3)8(10)14-7-6-12-13(4)11/h13H,5-7H2,1-4H3. The van der Waals surface area contributed by atoms with Crippen LogP contribution in [0.1, 0.15) is 27.2 Å². The van der Waals surface area contributed by atoms with Gasteiger partial charge >= 0.3 is 0 Å². The van der Waals surface area contributed by atoms with E-state index in [2.05, 4.69) is 0 Å². The summed E-state index contributed by atoms with van der Waals surface area (Å²) in [4.78, 5) is 11.6. The minimum Gasteiger partial charge on any atom is -0.330 e. The van der Waals surface area contributed by atoms with Crippen LogP contribution >= 0.6 is 19.8 Å². The van der Waals surface area contributed by atoms with Gasteiger partial charge in [0.1, 0.15) is 0 Å². The second-order valence-electron chi connectivity index (χ2n) is 3.71. The largest absolute Gasteiger partial charge is 0.330 e. The van der Waals surface area contributed by atoms with E-state index in [0.29, 0.717) is 12.4 Å². The highest BCUT2D eigenvalue weighted by molar-refractivity contribution is 8.13. The molecule has 0 aromatic rings. The van der Waals surface area contributed by atoms with Crippen LogP contribution in [0, 0.1) is 5.41 Å². The average molecular weight is 238 g/mol. The van der Waals surface area contributed by atoms with Crippen LogP contribution in [0.4, 0.5) is 0 Å². The Balaban J connectivity index is 3.70. The second-order valence-corrected chi connectivity index (χ2v) is 6.05. The van der Waals surface area contributed by atoms with Crippen molar-refractivity contribution < 1.29 is 13.9 Å². The molecule has 0 saturated heterocycles. The fraction of sp³-hybridized carbons (Fsp3) is 0.889.